The van der Waals surface area contributed by atoms with Gasteiger partial charge in [0.15, 0.2) is 5.75 Å². The van der Waals surface area contributed by atoms with Crippen molar-refractivity contribution in [2.24, 2.45) is 0 Å². The number of hydrogen-bond donors (Lipinski definition) is 1. The molecule has 0 aliphatic rings. The average molecular weight is 385 g/mol. The molecule has 10 heteroatoms. The lowest BCUT2D eigenvalue weighted by Gasteiger charge is -2.20. The molecule has 2 rings (SSSR count). The van der Waals surface area contributed by atoms with Crippen molar-refractivity contribution in [2.45, 2.75) is 26.2 Å². The lowest BCUT2D eigenvalue weighted by molar-refractivity contribution is -0.0715. The highest BCUT2D eigenvalue weighted by molar-refractivity contribution is 7.33. The van der Waals surface area contributed by atoms with Crippen LogP contribution in [0, 0.1) is 6.92 Å². The number of alkyl halides is 1. The van der Waals surface area contributed by atoms with Gasteiger partial charge in [-0.05, 0) is 26.0 Å². The predicted octanol–water partition coefficient (Wildman–Crippen LogP) is 2.47. The zero-order valence-corrected chi connectivity index (χ0v) is 15.1. The van der Waals surface area contributed by atoms with E-state index in [0.717, 1.165) is 4.57 Å². The molecule has 0 radical (unpaired) electrons. The molecule has 8 nitrogen and oxygen atoms in total. The Bertz CT molecular complexity index is 854. The topological polar surface area (TPSA) is 99.6 Å². The Morgan fingerprint density at radius 1 is 1.27 bits per heavy atom. The van der Waals surface area contributed by atoms with Gasteiger partial charge in [-0.25, -0.2) is 13.7 Å². The molecule has 2 aromatic rings. The van der Waals surface area contributed by atoms with Gasteiger partial charge in [-0.1, -0.05) is 18.2 Å². The first-order chi connectivity index (χ1) is 12.4. The molecule has 0 bridgehead atoms. The molecule has 1 aromatic heterocycles. The lowest BCUT2D eigenvalue weighted by Crippen LogP contribution is -2.35. The third-order valence-corrected chi connectivity index (χ3v) is 4.11. The first kappa shape index (κ1) is 20.0. The summed E-state index contributed by atoms with van der Waals surface area (Å²) in [6, 6.07) is 8.39. The van der Waals surface area contributed by atoms with E-state index in [0.29, 0.717) is 11.3 Å². The minimum Gasteiger partial charge on any atom is -0.350 e. The molecule has 3 atom stereocenters. The number of H-pyrrole nitrogens is 1. The van der Waals surface area contributed by atoms with Crippen LogP contribution in [-0.2, 0) is 13.8 Å². The highest BCUT2D eigenvalue weighted by atomic mass is 31.1. The van der Waals surface area contributed by atoms with E-state index < -0.39 is 38.5 Å². The molecule has 26 heavy (non-hydrogen) atoms. The molecular formula is C16H19FN2O6P+. The number of aromatic nitrogens is 2. The van der Waals surface area contributed by atoms with Crippen LogP contribution >= 0.6 is 8.25 Å². The summed E-state index contributed by atoms with van der Waals surface area (Å²) >= 11 is 0. The number of nitrogens with zero attached hydrogens (tertiary/aromatic N) is 1. The van der Waals surface area contributed by atoms with Crippen LogP contribution in [0.2, 0.25) is 0 Å². The van der Waals surface area contributed by atoms with Crippen molar-refractivity contribution in [3.63, 3.8) is 0 Å². The van der Waals surface area contributed by atoms with Crippen molar-refractivity contribution in [1.82, 2.24) is 9.55 Å². The van der Waals surface area contributed by atoms with Crippen molar-refractivity contribution in [3.8, 4) is 5.75 Å². The zero-order valence-electron chi connectivity index (χ0n) is 14.3. The number of nitrogens with one attached hydrogen (secondary N) is 1. The summed E-state index contributed by atoms with van der Waals surface area (Å²) in [5.74, 6) is 0.356. The van der Waals surface area contributed by atoms with Gasteiger partial charge in [0.05, 0.1) is 0 Å². The Hall–Kier alpha value is -2.35. The van der Waals surface area contributed by atoms with Gasteiger partial charge in [-0.15, -0.1) is 4.52 Å². The molecule has 0 aliphatic heterocycles. The van der Waals surface area contributed by atoms with E-state index in [1.165, 1.54) is 20.0 Å². The molecule has 1 aromatic carbocycles. The van der Waals surface area contributed by atoms with Gasteiger partial charge >= 0.3 is 13.9 Å². The van der Waals surface area contributed by atoms with Crippen molar-refractivity contribution in [3.05, 3.63) is 62.9 Å². The Morgan fingerprint density at radius 3 is 2.62 bits per heavy atom. The Labute approximate surface area is 149 Å². The highest BCUT2D eigenvalue weighted by Crippen LogP contribution is 2.28. The second-order valence-electron chi connectivity index (χ2n) is 5.41. The third-order valence-electron chi connectivity index (χ3n) is 3.39. The molecule has 0 fully saturated rings. The normalized spacial score (nSPS) is 13.9. The van der Waals surface area contributed by atoms with E-state index in [9.17, 15) is 18.5 Å². The Morgan fingerprint density at radius 2 is 1.96 bits per heavy atom. The summed E-state index contributed by atoms with van der Waals surface area (Å²) in [5, 5.41) is 0. The molecule has 0 saturated carbocycles. The monoisotopic (exact) mass is 385 g/mol. The van der Waals surface area contributed by atoms with Crippen LogP contribution in [0.4, 0.5) is 4.39 Å². The van der Waals surface area contributed by atoms with Crippen LogP contribution in [0.3, 0.4) is 0 Å². The summed E-state index contributed by atoms with van der Waals surface area (Å²) in [5.41, 5.74) is -0.864. The largest absolute Gasteiger partial charge is 0.750 e. The van der Waals surface area contributed by atoms with Gasteiger partial charge in [0.1, 0.15) is 25.6 Å². The van der Waals surface area contributed by atoms with Crippen LogP contribution in [-0.4, -0.2) is 28.9 Å². The van der Waals surface area contributed by atoms with E-state index in [1.54, 1.807) is 30.3 Å². The number of aryl methyl sites for hydroxylation is 1. The minimum absolute atomic E-state index is 0.312. The fraction of sp³-hybridized carbons (Fsp3) is 0.375. The highest BCUT2D eigenvalue weighted by Gasteiger charge is 2.26. The molecule has 1 unspecified atom stereocenters. The van der Waals surface area contributed by atoms with E-state index in [2.05, 4.69) is 4.98 Å². The van der Waals surface area contributed by atoms with Gasteiger partial charge in [-0.2, -0.15) is 0 Å². The van der Waals surface area contributed by atoms with Crippen molar-refractivity contribution in [1.29, 1.82) is 0 Å². The molecule has 140 valence electrons. The Kier molecular flexibility index (Phi) is 7.20. The molecule has 1 N–H and O–H groups in total. The summed E-state index contributed by atoms with van der Waals surface area (Å²) in [6.45, 7) is 1.79. The maximum Gasteiger partial charge on any atom is 0.750 e. The van der Waals surface area contributed by atoms with Crippen LogP contribution in [0.5, 0.6) is 5.75 Å². The van der Waals surface area contributed by atoms with Crippen LogP contribution < -0.4 is 15.8 Å². The standard InChI is InChI=1S/C16H18FN2O6P/c1-11-9-19(16(21)18-15(11)20)12(2)24-14(8-17)10-23-26(22)25-13-6-4-3-5-7-13/h3-7,9,12,14H,8,10H2,1-2H3/p+1/t12-,14+/m0/s1. The van der Waals surface area contributed by atoms with Gasteiger partial charge in [0, 0.05) is 16.3 Å². The number of halogens is 1. The maximum atomic E-state index is 13.2. The van der Waals surface area contributed by atoms with Gasteiger partial charge in [-0.3, -0.25) is 14.3 Å². The smallest absolute Gasteiger partial charge is 0.350 e. The van der Waals surface area contributed by atoms with Crippen molar-refractivity contribution in [2.75, 3.05) is 13.3 Å². The Balaban J connectivity index is 1.92. The molecule has 0 amide bonds. The average Bonchev–Trinajstić information content (AvgIpc) is 2.62. The number of hydrogen-bond acceptors (Lipinski definition) is 6. The maximum absolute atomic E-state index is 13.2. The van der Waals surface area contributed by atoms with Crippen LogP contribution in [0.25, 0.3) is 0 Å². The molecular weight excluding hydrogens is 366 g/mol. The van der Waals surface area contributed by atoms with E-state index in [-0.39, 0.29) is 6.61 Å². The molecule has 0 aliphatic carbocycles. The molecule has 0 spiro atoms. The number of benzene rings is 1. The van der Waals surface area contributed by atoms with Crippen LogP contribution in [0.15, 0.2) is 46.1 Å². The first-order valence-electron chi connectivity index (χ1n) is 7.77. The third kappa shape index (κ3) is 5.59. The fourth-order valence-electron chi connectivity index (χ4n) is 2.06. The number of rotatable bonds is 9. The fourth-order valence-corrected chi connectivity index (χ4v) is 2.69. The van der Waals surface area contributed by atoms with Crippen LogP contribution in [0.1, 0.15) is 18.7 Å². The second-order valence-corrected chi connectivity index (χ2v) is 6.30. The van der Waals surface area contributed by atoms with Gasteiger partial charge in [0.25, 0.3) is 5.56 Å². The first-order valence-corrected chi connectivity index (χ1v) is 8.87. The summed E-state index contributed by atoms with van der Waals surface area (Å²) in [7, 11) is -2.50. The molecule has 1 heterocycles. The van der Waals surface area contributed by atoms with Crippen molar-refractivity contribution < 1.29 is 22.7 Å². The van der Waals surface area contributed by atoms with Crippen molar-refractivity contribution >= 4 is 8.25 Å². The minimum atomic E-state index is -2.50. The van der Waals surface area contributed by atoms with E-state index >= 15 is 0 Å². The predicted molar refractivity (Wildman–Crippen MR) is 92.2 cm³/mol. The summed E-state index contributed by atoms with van der Waals surface area (Å²) in [4.78, 5) is 25.3. The lowest BCUT2D eigenvalue weighted by atomic mass is 10.3. The summed E-state index contributed by atoms with van der Waals surface area (Å²) in [6.07, 6.45) is -0.612. The van der Waals surface area contributed by atoms with E-state index in [4.69, 9.17) is 13.8 Å². The SMILES string of the molecule is Cc1cn([C@H](C)O[C@H](CF)CO[P+](=O)Oc2ccccc2)c(=O)[nH]c1=O. The quantitative estimate of drug-likeness (QED) is 0.666. The van der Waals surface area contributed by atoms with Gasteiger partial charge < -0.3 is 4.74 Å². The van der Waals surface area contributed by atoms with E-state index in [1.807, 2.05) is 0 Å². The number of para-hydroxylation sites is 1. The second kappa shape index (κ2) is 9.38. The number of aromatic amines is 1. The molecule has 0 saturated heterocycles. The summed E-state index contributed by atoms with van der Waals surface area (Å²) < 4.78 is 41.5. The zero-order chi connectivity index (χ0) is 19.1. The van der Waals surface area contributed by atoms with Gasteiger partial charge in [0.2, 0.25) is 0 Å². The number of ether oxygens (including phenoxy) is 1.